The van der Waals surface area contributed by atoms with E-state index in [2.05, 4.69) is 10.6 Å². The van der Waals surface area contributed by atoms with Crippen molar-refractivity contribution in [1.82, 2.24) is 20.0 Å². The zero-order valence-corrected chi connectivity index (χ0v) is 31.3. The molecule has 1 aromatic heterocycles. The molecule has 55 heavy (non-hydrogen) atoms. The summed E-state index contributed by atoms with van der Waals surface area (Å²) in [4.78, 5) is 58.5. The van der Waals surface area contributed by atoms with E-state index in [-0.39, 0.29) is 35.0 Å². The number of aromatic nitrogens is 2. The molecule has 1 unspecified atom stereocenters. The molecule has 0 aliphatic carbocycles. The van der Waals surface area contributed by atoms with E-state index in [0.29, 0.717) is 33.0 Å². The van der Waals surface area contributed by atoms with E-state index in [4.69, 9.17) is 0 Å². The number of hydrogen-bond acceptors (Lipinski definition) is 4. The van der Waals surface area contributed by atoms with Crippen LogP contribution in [-0.2, 0) is 0 Å². The fourth-order valence-corrected chi connectivity index (χ4v) is 10.9. The SMILES string of the molecule is C[C@H](NC(=O)c1ccccc1[C@@H]1n2c(=O)c3ccccc3c(=O)n2[C@H](c2ccccc2C(=O)N[C@@H](C)c2ccccc2)P1c1ccccc1)c1ccccc1. The van der Waals surface area contributed by atoms with Gasteiger partial charge in [-0.3, -0.25) is 19.2 Å². The maximum Gasteiger partial charge on any atom is 0.274 e. The summed E-state index contributed by atoms with van der Waals surface area (Å²) in [6.45, 7) is 3.87. The number of amides is 2. The standard InChI is InChI=1S/C46H39N4O4P/c1-30(32-18-6-3-7-19-32)47-41(51)35-24-12-16-28-39(35)45-49-43(53)37-26-14-15-27-38(37)44(54)50(49)46(55(45)34-22-10-5-11-23-34)40-29-17-13-25-36(40)42(52)48-31(2)33-20-8-4-9-21-33/h3-31,45-46H,1-2H3,(H,47,51)(H,48,52)/t30-,31-,45-,46+,55?/m0/s1. The second kappa shape index (κ2) is 15.2. The molecule has 0 saturated carbocycles. The number of rotatable bonds is 9. The normalized spacial score (nSPS) is 17.2. The van der Waals surface area contributed by atoms with Crippen molar-refractivity contribution in [3.63, 3.8) is 0 Å². The summed E-state index contributed by atoms with van der Waals surface area (Å²) < 4.78 is 3.12. The average molecular weight is 743 g/mol. The van der Waals surface area contributed by atoms with Gasteiger partial charge in [0.2, 0.25) is 0 Å². The number of nitrogens with zero attached hydrogens (tertiary/aromatic N) is 2. The minimum atomic E-state index is -1.59. The average Bonchev–Trinajstić information content (AvgIpc) is 3.60. The summed E-state index contributed by atoms with van der Waals surface area (Å²) in [5.41, 5.74) is 3.25. The van der Waals surface area contributed by atoms with Crippen LogP contribution >= 0.6 is 7.92 Å². The highest BCUT2D eigenvalue weighted by Gasteiger charge is 2.47. The summed E-state index contributed by atoms with van der Waals surface area (Å²) >= 11 is 0. The monoisotopic (exact) mass is 742 g/mol. The molecule has 5 atom stereocenters. The maximum atomic E-state index is 14.9. The molecule has 2 heterocycles. The number of carbonyl (C=O) groups excluding carboxylic acids is 2. The summed E-state index contributed by atoms with van der Waals surface area (Å²) in [5.74, 6) is -2.09. The van der Waals surface area contributed by atoms with Crippen molar-refractivity contribution in [3.05, 3.63) is 218 Å². The molecule has 9 heteroatoms. The summed E-state index contributed by atoms with van der Waals surface area (Å²) in [7, 11) is -1.59. The smallest absolute Gasteiger partial charge is 0.274 e. The van der Waals surface area contributed by atoms with Crippen LogP contribution in [0.4, 0.5) is 0 Å². The van der Waals surface area contributed by atoms with Crippen molar-refractivity contribution in [2.24, 2.45) is 0 Å². The van der Waals surface area contributed by atoms with E-state index in [1.54, 1.807) is 45.8 Å². The van der Waals surface area contributed by atoms with Crippen molar-refractivity contribution in [1.29, 1.82) is 0 Å². The van der Waals surface area contributed by atoms with Crippen molar-refractivity contribution >= 4 is 35.8 Å². The van der Waals surface area contributed by atoms with Crippen LogP contribution < -0.4 is 27.1 Å². The van der Waals surface area contributed by atoms with E-state index in [9.17, 15) is 19.2 Å². The van der Waals surface area contributed by atoms with Gasteiger partial charge in [0.05, 0.1) is 22.9 Å². The molecule has 7 aromatic rings. The van der Waals surface area contributed by atoms with E-state index in [1.165, 1.54) is 0 Å². The first-order valence-electron chi connectivity index (χ1n) is 18.3. The van der Waals surface area contributed by atoms with E-state index < -0.39 is 19.5 Å². The Kier molecular flexibility index (Phi) is 9.83. The largest absolute Gasteiger partial charge is 0.346 e. The van der Waals surface area contributed by atoms with Crippen LogP contribution in [0.15, 0.2) is 173 Å². The van der Waals surface area contributed by atoms with Gasteiger partial charge in [-0.1, -0.05) is 140 Å². The summed E-state index contributed by atoms with van der Waals surface area (Å²) in [6, 6.07) is 50.2. The molecule has 0 saturated heterocycles. The minimum Gasteiger partial charge on any atom is -0.346 e. The van der Waals surface area contributed by atoms with E-state index in [0.717, 1.165) is 16.4 Å². The molecular weight excluding hydrogens is 704 g/mol. The van der Waals surface area contributed by atoms with Gasteiger partial charge in [0, 0.05) is 11.1 Å². The minimum absolute atomic E-state index is 0.291. The number of carbonyl (C=O) groups is 2. The first-order chi connectivity index (χ1) is 26.8. The molecular formula is C46H39N4O4P. The Morgan fingerprint density at radius 3 is 1.25 bits per heavy atom. The van der Waals surface area contributed by atoms with Crippen molar-refractivity contribution in [3.8, 4) is 0 Å². The van der Waals surface area contributed by atoms with Gasteiger partial charge in [-0.25, -0.2) is 9.36 Å². The van der Waals surface area contributed by atoms with Gasteiger partial charge < -0.3 is 10.6 Å². The Morgan fingerprint density at radius 2 is 0.836 bits per heavy atom. The molecule has 8 nitrogen and oxygen atoms in total. The van der Waals surface area contributed by atoms with Crippen molar-refractivity contribution in [2.75, 3.05) is 0 Å². The quantitative estimate of drug-likeness (QED) is 0.146. The lowest BCUT2D eigenvalue weighted by Crippen LogP contribution is -2.38. The molecule has 2 N–H and O–H groups in total. The molecule has 0 spiro atoms. The zero-order chi connectivity index (χ0) is 38.1. The number of nitrogens with one attached hydrogen (secondary N) is 2. The van der Waals surface area contributed by atoms with Crippen molar-refractivity contribution in [2.45, 2.75) is 37.5 Å². The van der Waals surface area contributed by atoms with Crippen LogP contribution in [0.3, 0.4) is 0 Å². The van der Waals surface area contributed by atoms with Gasteiger partial charge in [-0.05, 0) is 73.6 Å². The molecule has 272 valence electrons. The third kappa shape index (κ3) is 6.59. The van der Waals surface area contributed by atoms with Crippen LogP contribution in [0.1, 0.15) is 80.5 Å². The van der Waals surface area contributed by atoms with Crippen LogP contribution in [-0.4, -0.2) is 21.2 Å². The number of fused-ring (bicyclic) bond motifs is 2. The highest BCUT2D eigenvalue weighted by molar-refractivity contribution is 7.66. The Labute approximate surface area is 319 Å². The predicted molar refractivity (Wildman–Crippen MR) is 219 cm³/mol. The Balaban J connectivity index is 1.35. The van der Waals surface area contributed by atoms with Gasteiger partial charge in [0.25, 0.3) is 22.9 Å². The third-order valence-corrected chi connectivity index (χ3v) is 13.3. The second-order valence-corrected chi connectivity index (χ2v) is 16.0. The third-order valence-electron chi connectivity index (χ3n) is 10.3. The fourth-order valence-electron chi connectivity index (χ4n) is 7.63. The number of benzene rings is 6. The second-order valence-electron chi connectivity index (χ2n) is 13.7. The van der Waals surface area contributed by atoms with Gasteiger partial charge in [-0.2, -0.15) is 0 Å². The molecule has 1 aliphatic heterocycles. The van der Waals surface area contributed by atoms with Crippen LogP contribution in [0.25, 0.3) is 10.8 Å². The molecule has 6 aromatic carbocycles. The first kappa shape index (κ1) is 35.6. The van der Waals surface area contributed by atoms with Gasteiger partial charge in [0.1, 0.15) is 11.6 Å². The lowest BCUT2D eigenvalue weighted by molar-refractivity contribution is 0.0930. The van der Waals surface area contributed by atoms with Gasteiger partial charge in [-0.15, -0.1) is 0 Å². The molecule has 8 rings (SSSR count). The predicted octanol–water partition coefficient (Wildman–Crippen LogP) is 8.06. The lowest BCUT2D eigenvalue weighted by atomic mass is 10.0. The van der Waals surface area contributed by atoms with Crippen LogP contribution in [0.5, 0.6) is 0 Å². The Hall–Kier alpha value is -6.37. The van der Waals surface area contributed by atoms with Gasteiger partial charge in [0.15, 0.2) is 0 Å². The van der Waals surface area contributed by atoms with E-state index in [1.807, 2.05) is 141 Å². The van der Waals surface area contributed by atoms with Gasteiger partial charge >= 0.3 is 0 Å². The van der Waals surface area contributed by atoms with Crippen molar-refractivity contribution < 1.29 is 9.59 Å². The van der Waals surface area contributed by atoms with Crippen LogP contribution in [0.2, 0.25) is 0 Å². The van der Waals surface area contributed by atoms with Crippen LogP contribution in [0, 0.1) is 0 Å². The Bertz CT molecular complexity index is 2480. The lowest BCUT2D eigenvalue weighted by Gasteiger charge is -2.28. The first-order valence-corrected chi connectivity index (χ1v) is 19.8. The molecule has 2 amide bonds. The topological polar surface area (TPSA) is 102 Å². The highest BCUT2D eigenvalue weighted by atomic mass is 31.1. The van der Waals surface area contributed by atoms with E-state index >= 15 is 0 Å². The summed E-state index contributed by atoms with van der Waals surface area (Å²) in [6.07, 6.45) is 0. The molecule has 0 fully saturated rings. The maximum absolute atomic E-state index is 14.9. The molecule has 1 aliphatic rings. The molecule has 0 bridgehead atoms. The highest BCUT2D eigenvalue weighted by Crippen LogP contribution is 2.65. The Morgan fingerprint density at radius 1 is 0.491 bits per heavy atom. The number of hydrogen-bond donors (Lipinski definition) is 2. The summed E-state index contributed by atoms with van der Waals surface area (Å²) in [5, 5.41) is 7.83. The zero-order valence-electron chi connectivity index (χ0n) is 30.4. The molecule has 0 radical (unpaired) electrons. The fraction of sp³-hybridized carbons (Fsp3) is 0.130.